The van der Waals surface area contributed by atoms with Gasteiger partial charge in [-0.2, -0.15) is 0 Å². The molecule has 0 radical (unpaired) electrons. The van der Waals surface area contributed by atoms with Gasteiger partial charge in [0.1, 0.15) is 17.7 Å². The molecular formula is C37H46N4O8. The molecule has 0 aromatic heterocycles. The van der Waals surface area contributed by atoms with Crippen molar-refractivity contribution in [3.8, 4) is 0 Å². The lowest BCUT2D eigenvalue weighted by Crippen LogP contribution is -2.33. The zero-order valence-corrected chi connectivity index (χ0v) is 28.9. The third-order valence-electron chi connectivity index (χ3n) is 6.89. The van der Waals surface area contributed by atoms with E-state index >= 15 is 0 Å². The highest BCUT2D eigenvalue weighted by molar-refractivity contribution is 5.97. The summed E-state index contributed by atoms with van der Waals surface area (Å²) in [6, 6.07) is 19.1. The van der Waals surface area contributed by atoms with E-state index in [1.807, 2.05) is 18.2 Å². The quantitative estimate of drug-likeness (QED) is 0.124. The van der Waals surface area contributed by atoms with Gasteiger partial charge >= 0.3 is 24.1 Å². The van der Waals surface area contributed by atoms with Crippen molar-refractivity contribution in [1.82, 2.24) is 10.6 Å². The topological polar surface area (TPSA) is 175 Å². The van der Waals surface area contributed by atoms with E-state index in [1.165, 1.54) is 17.5 Å². The number of alkyl carbamates (subject to hydrolysis) is 2. The van der Waals surface area contributed by atoms with E-state index in [9.17, 15) is 24.0 Å². The number of primary amides is 1. The summed E-state index contributed by atoms with van der Waals surface area (Å²) in [6.07, 6.45) is 2.27. The number of ether oxygens (including phenoxy) is 3. The lowest BCUT2D eigenvalue weighted by molar-refractivity contribution is -0.135. The lowest BCUT2D eigenvalue weighted by Gasteiger charge is -2.21. The number of esters is 2. The highest BCUT2D eigenvalue weighted by atomic mass is 16.6. The van der Waals surface area contributed by atoms with Gasteiger partial charge in [-0.05, 0) is 119 Å². The third-order valence-corrected chi connectivity index (χ3v) is 6.89. The maximum Gasteiger partial charge on any atom is 0.407 e. The summed E-state index contributed by atoms with van der Waals surface area (Å²) in [7, 11) is 0. The predicted molar refractivity (Wildman–Crippen MR) is 185 cm³/mol. The molecule has 0 bridgehead atoms. The molecule has 0 spiro atoms. The maximum atomic E-state index is 12.2. The zero-order valence-electron chi connectivity index (χ0n) is 28.9. The molecule has 12 heteroatoms. The molecule has 0 saturated heterocycles. The first-order valence-corrected chi connectivity index (χ1v) is 16.0. The fourth-order valence-electron chi connectivity index (χ4n) is 4.71. The van der Waals surface area contributed by atoms with Crippen molar-refractivity contribution in [3.05, 3.63) is 100 Å². The molecule has 4 rings (SSSR count). The smallest absolute Gasteiger partial charge is 0.407 e. The standard InChI is InChI=1S/C27H35N3O7.C10H11NO/c1-26(2,3)36-24(33)29-15-19-12-13-21(14-20(19)16-30-25(34)37-27(4,5)6)28-17-22(31)35-23(32)18-10-8-7-9-11-18;11-10(12)9-5-4-7-2-1-3-8(7)6-9/h7-14,28H,15-17H2,1-6H3,(H,29,33)(H,30,34);4-6H,1-3H2,(H2,11,12). The van der Waals surface area contributed by atoms with Gasteiger partial charge in [-0.3, -0.25) is 4.79 Å². The van der Waals surface area contributed by atoms with Gasteiger partial charge in [0.25, 0.3) is 0 Å². The van der Waals surface area contributed by atoms with Crippen molar-refractivity contribution in [2.24, 2.45) is 5.73 Å². The number of fused-ring (bicyclic) bond motifs is 1. The van der Waals surface area contributed by atoms with Gasteiger partial charge in [-0.1, -0.05) is 30.3 Å². The van der Waals surface area contributed by atoms with E-state index in [-0.39, 0.29) is 31.1 Å². The lowest BCUT2D eigenvalue weighted by atomic mass is 10.1. The summed E-state index contributed by atoms with van der Waals surface area (Å²) in [5.74, 6) is -1.82. The van der Waals surface area contributed by atoms with E-state index < -0.39 is 35.3 Å². The average molecular weight is 675 g/mol. The van der Waals surface area contributed by atoms with Crippen molar-refractivity contribution in [2.45, 2.75) is 85.1 Å². The van der Waals surface area contributed by atoms with Crippen molar-refractivity contribution in [1.29, 1.82) is 0 Å². The van der Waals surface area contributed by atoms with Crippen LogP contribution in [0.25, 0.3) is 0 Å². The van der Waals surface area contributed by atoms with Crippen LogP contribution in [0.4, 0.5) is 15.3 Å². The minimum absolute atomic E-state index is 0.104. The van der Waals surface area contributed by atoms with Gasteiger partial charge in [0, 0.05) is 24.3 Å². The summed E-state index contributed by atoms with van der Waals surface area (Å²) < 4.78 is 15.4. The SMILES string of the molecule is CC(C)(C)OC(=O)NCc1ccc(NCC(=O)OC(=O)c2ccccc2)cc1CNC(=O)OC(C)(C)C.NC(=O)c1ccc2c(c1)CCC2. The van der Waals surface area contributed by atoms with Crippen LogP contribution in [-0.4, -0.2) is 47.8 Å². The second kappa shape index (κ2) is 17.1. The molecule has 1 aliphatic carbocycles. The van der Waals surface area contributed by atoms with Gasteiger partial charge in [0.2, 0.25) is 5.91 Å². The van der Waals surface area contributed by atoms with E-state index in [0.717, 1.165) is 12.8 Å². The zero-order chi connectivity index (χ0) is 36.2. The molecule has 1 aliphatic rings. The number of amides is 3. The Hall–Kier alpha value is -5.39. The number of benzene rings is 3. The molecule has 49 heavy (non-hydrogen) atoms. The van der Waals surface area contributed by atoms with Crippen LogP contribution in [0.3, 0.4) is 0 Å². The molecule has 0 atom stereocenters. The van der Waals surface area contributed by atoms with E-state index in [2.05, 4.69) is 16.0 Å². The molecule has 0 fully saturated rings. The number of rotatable bonds is 9. The summed E-state index contributed by atoms with van der Waals surface area (Å²) in [5, 5.41) is 8.29. The van der Waals surface area contributed by atoms with Crippen LogP contribution in [0.2, 0.25) is 0 Å². The Bertz CT molecular complexity index is 1640. The van der Waals surface area contributed by atoms with Crippen LogP contribution in [0.5, 0.6) is 0 Å². The highest BCUT2D eigenvalue weighted by Gasteiger charge is 2.19. The first-order valence-electron chi connectivity index (χ1n) is 16.0. The Morgan fingerprint density at radius 1 is 0.694 bits per heavy atom. The number of hydrogen-bond acceptors (Lipinski definition) is 9. The fourth-order valence-corrected chi connectivity index (χ4v) is 4.71. The number of anilines is 1. The third kappa shape index (κ3) is 13.7. The minimum atomic E-state index is -0.752. The van der Waals surface area contributed by atoms with E-state index in [1.54, 1.807) is 90.1 Å². The van der Waals surface area contributed by atoms with Crippen molar-refractivity contribution < 1.29 is 38.2 Å². The Kier molecular flexibility index (Phi) is 13.3. The Morgan fingerprint density at radius 2 is 1.29 bits per heavy atom. The molecule has 3 amide bonds. The van der Waals surface area contributed by atoms with Gasteiger partial charge in [-0.25, -0.2) is 19.2 Å². The van der Waals surface area contributed by atoms with E-state index in [4.69, 9.17) is 19.9 Å². The molecule has 3 aromatic carbocycles. The highest BCUT2D eigenvalue weighted by Crippen LogP contribution is 2.22. The summed E-state index contributed by atoms with van der Waals surface area (Å²) >= 11 is 0. The minimum Gasteiger partial charge on any atom is -0.444 e. The predicted octanol–water partition coefficient (Wildman–Crippen LogP) is 5.81. The second-order valence-electron chi connectivity index (χ2n) is 13.4. The van der Waals surface area contributed by atoms with Gasteiger partial charge in [0.15, 0.2) is 0 Å². The summed E-state index contributed by atoms with van der Waals surface area (Å²) in [5.41, 5.74) is 9.38. The molecule has 12 nitrogen and oxygen atoms in total. The van der Waals surface area contributed by atoms with E-state index in [0.29, 0.717) is 22.4 Å². The first-order chi connectivity index (χ1) is 23.0. The van der Waals surface area contributed by atoms with Crippen LogP contribution in [-0.2, 0) is 44.9 Å². The first kappa shape index (κ1) is 38.1. The molecule has 262 valence electrons. The van der Waals surface area contributed by atoms with Gasteiger partial charge in [0.05, 0.1) is 5.56 Å². The van der Waals surface area contributed by atoms with Gasteiger partial charge < -0.3 is 35.9 Å². The maximum absolute atomic E-state index is 12.2. The molecule has 3 aromatic rings. The fraction of sp³-hybridized carbons (Fsp3) is 0.378. The molecule has 0 unspecified atom stereocenters. The Balaban J connectivity index is 0.000000449. The van der Waals surface area contributed by atoms with Crippen LogP contribution in [0.1, 0.15) is 90.9 Å². The van der Waals surface area contributed by atoms with Crippen LogP contribution in [0, 0.1) is 0 Å². The van der Waals surface area contributed by atoms with Crippen LogP contribution in [0.15, 0.2) is 66.7 Å². The Morgan fingerprint density at radius 3 is 1.88 bits per heavy atom. The molecule has 0 aliphatic heterocycles. The molecule has 5 N–H and O–H groups in total. The number of nitrogens with two attached hydrogens (primary N) is 1. The number of nitrogens with one attached hydrogen (secondary N) is 3. The average Bonchev–Trinajstić information content (AvgIpc) is 3.49. The molecular weight excluding hydrogens is 628 g/mol. The van der Waals surface area contributed by atoms with Crippen molar-refractivity contribution in [2.75, 3.05) is 11.9 Å². The number of hydrogen-bond donors (Lipinski definition) is 4. The van der Waals surface area contributed by atoms with Gasteiger partial charge in [-0.15, -0.1) is 0 Å². The molecule has 0 saturated carbocycles. The van der Waals surface area contributed by atoms with Crippen LogP contribution < -0.4 is 21.7 Å². The number of aryl methyl sites for hydroxylation is 2. The number of carbonyl (C=O) groups is 5. The number of carbonyl (C=O) groups excluding carboxylic acids is 5. The van der Waals surface area contributed by atoms with Crippen LogP contribution >= 0.6 is 0 Å². The van der Waals surface area contributed by atoms with Crippen molar-refractivity contribution >= 4 is 35.7 Å². The normalized spacial score (nSPS) is 12.0. The monoisotopic (exact) mass is 674 g/mol. The summed E-state index contributed by atoms with van der Waals surface area (Å²) in [4.78, 5) is 59.3. The Labute approximate surface area is 287 Å². The largest absolute Gasteiger partial charge is 0.444 e. The van der Waals surface area contributed by atoms with Crippen molar-refractivity contribution in [3.63, 3.8) is 0 Å². The second-order valence-corrected chi connectivity index (χ2v) is 13.4. The summed E-state index contributed by atoms with van der Waals surface area (Å²) in [6.45, 7) is 10.6. The molecule has 0 heterocycles.